The average molecular weight is 656 g/mol. The Morgan fingerprint density at radius 2 is 0.939 bits per heavy atom. The van der Waals surface area contributed by atoms with Crippen molar-refractivity contribution < 1.29 is 27.0 Å². The zero-order chi connectivity index (χ0) is 33.5. The van der Waals surface area contributed by atoms with Gasteiger partial charge in [0.2, 0.25) is 5.95 Å². The van der Waals surface area contributed by atoms with Crippen LogP contribution in [0.4, 0.5) is 17.6 Å². The number of ether oxygens (including phenoxy) is 2. The summed E-state index contributed by atoms with van der Waals surface area (Å²) in [6, 6.07) is 27.9. The minimum absolute atomic E-state index is 0.00712. The zero-order valence-corrected chi connectivity index (χ0v) is 25.2. The third kappa shape index (κ3) is 5.78. The lowest BCUT2D eigenvalue weighted by molar-refractivity contribution is 0.483. The van der Waals surface area contributed by atoms with Crippen molar-refractivity contribution in [3.63, 3.8) is 0 Å². The van der Waals surface area contributed by atoms with Crippen LogP contribution in [-0.4, -0.2) is 24.5 Å². The topological polar surface area (TPSA) is 75.0 Å². The van der Waals surface area contributed by atoms with E-state index in [9.17, 15) is 17.6 Å². The minimum atomic E-state index is -0.777. The van der Waals surface area contributed by atoms with Crippen molar-refractivity contribution in [1.29, 1.82) is 0 Å². The number of pyridine rings is 2. The number of hydrogen-bond donors (Lipinski definition) is 0. The Bertz CT molecular complexity index is 2370. The summed E-state index contributed by atoms with van der Waals surface area (Å²) in [6.07, 6.45) is 5.21. The quantitative estimate of drug-likeness (QED) is 0.159. The first-order valence-electron chi connectivity index (χ1n) is 14.9. The molecule has 11 heteroatoms. The molecular weight excluding hydrogens is 634 g/mol. The van der Waals surface area contributed by atoms with E-state index in [4.69, 9.17) is 9.47 Å². The molecule has 0 spiro atoms. The average Bonchev–Trinajstić information content (AvgIpc) is 3.41. The molecule has 0 saturated heterocycles. The van der Waals surface area contributed by atoms with Crippen LogP contribution in [0.5, 0.6) is 23.0 Å². The highest BCUT2D eigenvalue weighted by Crippen LogP contribution is 2.38. The van der Waals surface area contributed by atoms with Gasteiger partial charge in [0.15, 0.2) is 11.6 Å². The monoisotopic (exact) mass is 655 g/mol. The van der Waals surface area contributed by atoms with E-state index >= 15 is 0 Å². The first-order chi connectivity index (χ1) is 23.9. The SMILES string of the molecule is Fc1cnc(-c2cccc(Oc3ccc4c5ccc(Oc6cccc(-c7ncc(F)cc7F)c6)cc5n(-c5ncccn5)c4c3)c2)c(F)c1. The van der Waals surface area contributed by atoms with Gasteiger partial charge in [-0.05, 0) is 54.6 Å². The predicted octanol–water partition coefficient (Wildman–Crippen LogP) is 9.84. The molecule has 0 aliphatic carbocycles. The Balaban J connectivity index is 1.17. The molecule has 4 heterocycles. The molecule has 0 unspecified atom stereocenters. The van der Waals surface area contributed by atoms with Gasteiger partial charge in [0.1, 0.15) is 46.0 Å². The van der Waals surface area contributed by atoms with Crippen LogP contribution in [0.3, 0.4) is 0 Å². The minimum Gasteiger partial charge on any atom is -0.457 e. The molecule has 8 aromatic rings. The van der Waals surface area contributed by atoms with Crippen molar-refractivity contribution in [3.05, 3.63) is 151 Å². The van der Waals surface area contributed by atoms with Gasteiger partial charge in [-0.25, -0.2) is 27.5 Å². The summed E-state index contributed by atoms with van der Waals surface area (Å²) in [5, 5.41) is 1.79. The molecule has 0 saturated carbocycles. The first kappa shape index (κ1) is 29.8. The van der Waals surface area contributed by atoms with Gasteiger partial charge in [-0.15, -0.1) is 0 Å². The Morgan fingerprint density at radius 1 is 0.469 bits per heavy atom. The van der Waals surface area contributed by atoms with E-state index in [1.54, 1.807) is 67.0 Å². The largest absolute Gasteiger partial charge is 0.457 e. The molecule has 4 aromatic heterocycles. The van der Waals surface area contributed by atoms with E-state index < -0.39 is 23.3 Å². The molecule has 49 heavy (non-hydrogen) atoms. The second-order valence-electron chi connectivity index (χ2n) is 11.0. The van der Waals surface area contributed by atoms with Gasteiger partial charge in [0, 0.05) is 58.6 Å². The summed E-state index contributed by atoms with van der Waals surface area (Å²) in [6.45, 7) is 0. The second-order valence-corrected chi connectivity index (χ2v) is 11.0. The van der Waals surface area contributed by atoms with Crippen molar-refractivity contribution in [3.8, 4) is 51.5 Å². The van der Waals surface area contributed by atoms with Crippen molar-refractivity contribution >= 4 is 21.8 Å². The molecule has 4 aromatic carbocycles. The van der Waals surface area contributed by atoms with Crippen LogP contribution in [0, 0.1) is 23.3 Å². The van der Waals surface area contributed by atoms with Gasteiger partial charge in [0.25, 0.3) is 0 Å². The van der Waals surface area contributed by atoms with Crippen LogP contribution in [-0.2, 0) is 0 Å². The molecule has 0 amide bonds. The van der Waals surface area contributed by atoms with E-state index in [2.05, 4.69) is 19.9 Å². The summed E-state index contributed by atoms with van der Waals surface area (Å²) in [5.41, 5.74) is 2.37. The fourth-order valence-corrected chi connectivity index (χ4v) is 5.67. The molecule has 0 N–H and O–H groups in total. The van der Waals surface area contributed by atoms with Crippen LogP contribution in [0.2, 0.25) is 0 Å². The number of nitrogens with zero attached hydrogens (tertiary/aromatic N) is 5. The van der Waals surface area contributed by atoms with Crippen molar-refractivity contribution in [2.24, 2.45) is 0 Å². The summed E-state index contributed by atoms with van der Waals surface area (Å²) in [5.74, 6) is -0.825. The van der Waals surface area contributed by atoms with E-state index in [0.717, 1.165) is 46.3 Å². The van der Waals surface area contributed by atoms with E-state index in [0.29, 0.717) is 40.1 Å². The molecule has 0 atom stereocenters. The Hall–Kier alpha value is -6.62. The summed E-state index contributed by atoms with van der Waals surface area (Å²) in [4.78, 5) is 16.8. The maximum absolute atomic E-state index is 14.4. The highest BCUT2D eigenvalue weighted by atomic mass is 19.1. The summed E-state index contributed by atoms with van der Waals surface area (Å²) < 4.78 is 70.1. The highest BCUT2D eigenvalue weighted by molar-refractivity contribution is 6.09. The molecular formula is C38H21F4N5O2. The molecule has 0 aliphatic heterocycles. The molecule has 0 fully saturated rings. The lowest BCUT2D eigenvalue weighted by atomic mass is 10.1. The second kappa shape index (κ2) is 12.2. The van der Waals surface area contributed by atoms with Gasteiger partial charge < -0.3 is 9.47 Å². The number of rotatable bonds is 7. The molecule has 238 valence electrons. The predicted molar refractivity (Wildman–Crippen MR) is 176 cm³/mol. The van der Waals surface area contributed by atoms with Crippen LogP contribution >= 0.6 is 0 Å². The lowest BCUT2D eigenvalue weighted by Gasteiger charge is -2.10. The lowest BCUT2D eigenvalue weighted by Crippen LogP contribution is -2.00. The van der Waals surface area contributed by atoms with Gasteiger partial charge in [-0.1, -0.05) is 24.3 Å². The highest BCUT2D eigenvalue weighted by Gasteiger charge is 2.17. The fourth-order valence-electron chi connectivity index (χ4n) is 5.67. The molecule has 0 bridgehead atoms. The smallest absolute Gasteiger partial charge is 0.234 e. The number of aromatic nitrogens is 5. The van der Waals surface area contributed by atoms with Crippen molar-refractivity contribution in [1.82, 2.24) is 24.5 Å². The molecule has 7 nitrogen and oxygen atoms in total. The molecule has 8 rings (SSSR count). The van der Waals surface area contributed by atoms with E-state index in [1.165, 1.54) is 0 Å². The number of fused-ring (bicyclic) bond motifs is 3. The van der Waals surface area contributed by atoms with Crippen LogP contribution < -0.4 is 9.47 Å². The Morgan fingerprint density at radius 3 is 1.41 bits per heavy atom. The summed E-state index contributed by atoms with van der Waals surface area (Å²) in [7, 11) is 0. The Kier molecular flexibility index (Phi) is 7.41. The standard InChI is InChI=1S/C38H21F4N5O2/c39-24-16-32(41)36(45-20-24)22-4-1-6-26(14-22)48-28-8-10-30-31-11-9-29(19-35(31)47(34(30)18-28)38-43-12-3-13-44-38)49-27-7-2-5-23(15-27)37-33(42)17-25(40)21-46-37/h1-21H. The fraction of sp³-hybridized carbons (Fsp3) is 0. The van der Waals surface area contributed by atoms with E-state index in [-0.39, 0.29) is 11.4 Å². The Labute approximate surface area is 275 Å². The van der Waals surface area contributed by atoms with Crippen molar-refractivity contribution in [2.45, 2.75) is 0 Å². The number of benzene rings is 4. The maximum atomic E-state index is 14.4. The van der Waals surface area contributed by atoms with E-state index in [1.807, 2.05) is 41.0 Å². The van der Waals surface area contributed by atoms with Gasteiger partial charge in [-0.2, -0.15) is 0 Å². The summed E-state index contributed by atoms with van der Waals surface area (Å²) >= 11 is 0. The molecule has 0 aliphatic rings. The van der Waals surface area contributed by atoms with Gasteiger partial charge in [0.05, 0.1) is 23.4 Å². The van der Waals surface area contributed by atoms with Crippen LogP contribution in [0.1, 0.15) is 0 Å². The van der Waals surface area contributed by atoms with Gasteiger partial charge >= 0.3 is 0 Å². The first-order valence-corrected chi connectivity index (χ1v) is 14.9. The zero-order valence-electron chi connectivity index (χ0n) is 25.2. The number of halogens is 4. The normalized spacial score (nSPS) is 11.3. The number of hydrogen-bond acceptors (Lipinski definition) is 6. The third-order valence-electron chi connectivity index (χ3n) is 7.76. The van der Waals surface area contributed by atoms with Gasteiger partial charge in [-0.3, -0.25) is 14.5 Å². The maximum Gasteiger partial charge on any atom is 0.234 e. The van der Waals surface area contributed by atoms with Crippen LogP contribution in [0.15, 0.2) is 128 Å². The third-order valence-corrected chi connectivity index (χ3v) is 7.76. The van der Waals surface area contributed by atoms with Crippen LogP contribution in [0.25, 0.3) is 50.3 Å². The molecule has 0 radical (unpaired) electrons. The van der Waals surface area contributed by atoms with Crippen molar-refractivity contribution in [2.75, 3.05) is 0 Å².